The van der Waals surface area contributed by atoms with Gasteiger partial charge >= 0.3 is 0 Å². The molecule has 1 aromatic rings. The van der Waals surface area contributed by atoms with Crippen molar-refractivity contribution in [2.75, 3.05) is 0 Å². The van der Waals surface area contributed by atoms with Crippen molar-refractivity contribution in [2.24, 2.45) is 11.7 Å². The summed E-state index contributed by atoms with van der Waals surface area (Å²) in [5, 5.41) is 0. The van der Waals surface area contributed by atoms with Crippen molar-refractivity contribution in [3.05, 3.63) is 35.4 Å². The van der Waals surface area contributed by atoms with Gasteiger partial charge in [-0.05, 0) is 30.5 Å². The largest absolute Gasteiger partial charge is 0.324 e. The second kappa shape index (κ2) is 3.65. The molecule has 0 radical (unpaired) electrons. The molecule has 0 unspecified atom stereocenters. The summed E-state index contributed by atoms with van der Waals surface area (Å²) in [6.07, 6.45) is 3.11. The van der Waals surface area contributed by atoms with Crippen molar-refractivity contribution in [1.82, 2.24) is 0 Å². The van der Waals surface area contributed by atoms with Gasteiger partial charge in [0.05, 0.1) is 0 Å². The van der Waals surface area contributed by atoms with E-state index in [1.54, 1.807) is 0 Å². The molecule has 76 valence electrons. The minimum atomic E-state index is -0.423. The first-order chi connectivity index (χ1) is 6.66. The molecule has 2 N–H and O–H groups in total. The average molecular weight is 197 g/mol. The highest BCUT2D eigenvalue weighted by molar-refractivity contribution is 5.22. The fourth-order valence-electron chi connectivity index (χ4n) is 1.64. The quantitative estimate of drug-likeness (QED) is 0.792. The van der Waals surface area contributed by atoms with Gasteiger partial charge in [0.2, 0.25) is 0 Å². The van der Waals surface area contributed by atoms with E-state index in [4.69, 9.17) is 5.73 Å². The monoisotopic (exact) mass is 197 g/mol. The SMILES string of the molecule is N[C@@H](CC1CC1)c1cc(F)ccc1F. The molecule has 3 heteroatoms. The molecule has 0 saturated heterocycles. The van der Waals surface area contributed by atoms with Crippen LogP contribution in [0.5, 0.6) is 0 Å². The van der Waals surface area contributed by atoms with Crippen LogP contribution in [0.4, 0.5) is 8.78 Å². The summed E-state index contributed by atoms with van der Waals surface area (Å²) in [5.41, 5.74) is 6.10. The van der Waals surface area contributed by atoms with E-state index in [2.05, 4.69) is 0 Å². The maximum atomic E-state index is 13.2. The molecule has 0 heterocycles. The number of benzene rings is 1. The van der Waals surface area contributed by atoms with Gasteiger partial charge in [-0.3, -0.25) is 0 Å². The Balaban J connectivity index is 2.15. The van der Waals surface area contributed by atoms with Gasteiger partial charge in [0, 0.05) is 11.6 Å². The normalized spacial score (nSPS) is 18.2. The van der Waals surface area contributed by atoms with Crippen LogP contribution in [0.1, 0.15) is 30.9 Å². The summed E-state index contributed by atoms with van der Waals surface area (Å²) in [5.74, 6) is -0.208. The molecular weight excluding hydrogens is 184 g/mol. The Morgan fingerprint density at radius 1 is 1.36 bits per heavy atom. The van der Waals surface area contributed by atoms with Crippen LogP contribution in [0.2, 0.25) is 0 Å². The van der Waals surface area contributed by atoms with Crippen LogP contribution in [-0.4, -0.2) is 0 Å². The number of nitrogens with two attached hydrogens (primary N) is 1. The maximum absolute atomic E-state index is 13.2. The predicted octanol–water partition coefficient (Wildman–Crippen LogP) is 2.76. The number of hydrogen-bond donors (Lipinski definition) is 1. The lowest BCUT2D eigenvalue weighted by Crippen LogP contribution is -2.13. The molecule has 1 atom stereocenters. The summed E-state index contributed by atoms with van der Waals surface area (Å²) >= 11 is 0. The number of hydrogen-bond acceptors (Lipinski definition) is 1. The minimum Gasteiger partial charge on any atom is -0.324 e. The lowest BCUT2D eigenvalue weighted by atomic mass is 10.0. The van der Waals surface area contributed by atoms with Gasteiger partial charge in [0.25, 0.3) is 0 Å². The van der Waals surface area contributed by atoms with Crippen LogP contribution >= 0.6 is 0 Å². The van der Waals surface area contributed by atoms with Crippen molar-refractivity contribution in [3.8, 4) is 0 Å². The summed E-state index contributed by atoms with van der Waals surface area (Å²) in [6, 6.07) is 3.08. The molecule has 14 heavy (non-hydrogen) atoms. The Hall–Kier alpha value is -0.960. The van der Waals surface area contributed by atoms with Crippen LogP contribution in [0.15, 0.2) is 18.2 Å². The molecule has 0 spiro atoms. The average Bonchev–Trinajstić information content (AvgIpc) is 2.93. The van der Waals surface area contributed by atoms with E-state index in [0.717, 1.165) is 18.6 Å². The summed E-state index contributed by atoms with van der Waals surface area (Å²) in [6.45, 7) is 0. The van der Waals surface area contributed by atoms with Gasteiger partial charge < -0.3 is 5.73 Å². The Kier molecular flexibility index (Phi) is 2.50. The molecule has 0 aromatic heterocycles. The highest BCUT2D eigenvalue weighted by Crippen LogP contribution is 2.37. The van der Waals surface area contributed by atoms with E-state index in [9.17, 15) is 8.78 Å². The molecule has 0 bridgehead atoms. The van der Waals surface area contributed by atoms with Gasteiger partial charge in [-0.15, -0.1) is 0 Å². The van der Waals surface area contributed by atoms with Crippen molar-refractivity contribution in [1.29, 1.82) is 0 Å². The highest BCUT2D eigenvalue weighted by atomic mass is 19.1. The molecule has 0 amide bonds. The standard InChI is InChI=1S/C11H13F2N/c12-8-3-4-10(13)9(6-8)11(14)5-7-1-2-7/h3-4,6-7,11H,1-2,5,14H2/t11-/m0/s1. The van der Waals surface area contributed by atoms with E-state index in [1.165, 1.54) is 18.9 Å². The van der Waals surface area contributed by atoms with Gasteiger partial charge in [-0.1, -0.05) is 12.8 Å². The molecule has 1 fully saturated rings. The molecule has 1 aromatic carbocycles. The zero-order valence-corrected chi connectivity index (χ0v) is 7.84. The topological polar surface area (TPSA) is 26.0 Å². The van der Waals surface area contributed by atoms with Gasteiger partial charge in [0.15, 0.2) is 0 Å². The number of rotatable bonds is 3. The highest BCUT2D eigenvalue weighted by Gasteiger charge is 2.25. The lowest BCUT2D eigenvalue weighted by Gasteiger charge is -2.12. The van der Waals surface area contributed by atoms with Crippen molar-refractivity contribution < 1.29 is 8.78 Å². The Labute approximate surface area is 81.9 Å². The van der Waals surface area contributed by atoms with Crippen LogP contribution in [0.25, 0.3) is 0 Å². The zero-order valence-electron chi connectivity index (χ0n) is 7.84. The Morgan fingerprint density at radius 3 is 2.71 bits per heavy atom. The summed E-state index contributed by atoms with van der Waals surface area (Å²) < 4.78 is 26.1. The summed E-state index contributed by atoms with van der Waals surface area (Å²) in [7, 11) is 0. The smallest absolute Gasteiger partial charge is 0.128 e. The van der Waals surface area contributed by atoms with Gasteiger partial charge in [0.1, 0.15) is 11.6 Å². The second-order valence-corrected chi connectivity index (χ2v) is 3.95. The third kappa shape index (κ3) is 2.10. The van der Waals surface area contributed by atoms with Gasteiger partial charge in [-0.2, -0.15) is 0 Å². The third-order valence-corrected chi connectivity index (χ3v) is 2.64. The fourth-order valence-corrected chi connectivity index (χ4v) is 1.64. The van der Waals surface area contributed by atoms with E-state index in [1.807, 2.05) is 0 Å². The van der Waals surface area contributed by atoms with Crippen molar-refractivity contribution >= 4 is 0 Å². The summed E-state index contributed by atoms with van der Waals surface area (Å²) in [4.78, 5) is 0. The van der Waals surface area contributed by atoms with Crippen LogP contribution in [-0.2, 0) is 0 Å². The van der Waals surface area contributed by atoms with E-state index >= 15 is 0 Å². The van der Waals surface area contributed by atoms with Crippen molar-refractivity contribution in [2.45, 2.75) is 25.3 Å². The number of halogens is 2. The molecule has 1 saturated carbocycles. The molecular formula is C11H13F2N. The first-order valence-corrected chi connectivity index (χ1v) is 4.87. The van der Waals surface area contributed by atoms with E-state index in [0.29, 0.717) is 11.5 Å². The first-order valence-electron chi connectivity index (χ1n) is 4.87. The predicted molar refractivity (Wildman–Crippen MR) is 50.6 cm³/mol. The Morgan fingerprint density at radius 2 is 2.07 bits per heavy atom. The minimum absolute atomic E-state index is 0.303. The zero-order chi connectivity index (χ0) is 10.1. The maximum Gasteiger partial charge on any atom is 0.128 e. The van der Waals surface area contributed by atoms with Gasteiger partial charge in [-0.25, -0.2) is 8.78 Å². The molecule has 1 aliphatic carbocycles. The Bertz CT molecular complexity index is 334. The fraction of sp³-hybridized carbons (Fsp3) is 0.455. The molecule has 0 aliphatic heterocycles. The van der Waals surface area contributed by atoms with Crippen LogP contribution in [0, 0.1) is 17.6 Å². The second-order valence-electron chi connectivity index (χ2n) is 3.95. The molecule has 2 rings (SSSR count). The van der Waals surface area contributed by atoms with Crippen molar-refractivity contribution in [3.63, 3.8) is 0 Å². The lowest BCUT2D eigenvalue weighted by molar-refractivity contribution is 0.531. The molecule has 1 aliphatic rings. The van der Waals surface area contributed by atoms with E-state index in [-0.39, 0.29) is 6.04 Å². The van der Waals surface area contributed by atoms with Crippen LogP contribution < -0.4 is 5.73 Å². The molecule has 1 nitrogen and oxygen atoms in total. The third-order valence-electron chi connectivity index (χ3n) is 2.64. The van der Waals surface area contributed by atoms with E-state index < -0.39 is 11.6 Å². The van der Waals surface area contributed by atoms with Crippen LogP contribution in [0.3, 0.4) is 0 Å². The first kappa shape index (κ1) is 9.59.